The third kappa shape index (κ3) is 13.7. The van der Waals surface area contributed by atoms with Crippen LogP contribution in [0.4, 0.5) is 4.79 Å². The van der Waals surface area contributed by atoms with Gasteiger partial charge >= 0.3 is 6.09 Å². The highest BCUT2D eigenvalue weighted by Crippen LogP contribution is 2.26. The van der Waals surface area contributed by atoms with E-state index in [9.17, 15) is 13.2 Å². The van der Waals surface area contributed by atoms with Gasteiger partial charge in [0.05, 0.1) is 5.75 Å². The largest absolute Gasteiger partial charge is 0.441 e. The lowest BCUT2D eigenvalue weighted by atomic mass is 9.98. The van der Waals surface area contributed by atoms with Gasteiger partial charge in [-0.25, -0.2) is 4.79 Å². The van der Waals surface area contributed by atoms with Gasteiger partial charge in [-0.15, -0.1) is 0 Å². The van der Waals surface area contributed by atoms with E-state index in [4.69, 9.17) is 9.29 Å². The van der Waals surface area contributed by atoms with Crippen LogP contribution < -0.4 is 5.32 Å². The van der Waals surface area contributed by atoms with E-state index >= 15 is 0 Å². The van der Waals surface area contributed by atoms with Gasteiger partial charge in [0.15, 0.2) is 0 Å². The van der Waals surface area contributed by atoms with Gasteiger partial charge in [-0.3, -0.25) is 4.55 Å². The average Bonchev–Trinajstić information content (AvgIpc) is 2.73. The maximum atomic E-state index is 12.2. The smallest absolute Gasteiger partial charge is 0.407 e. The zero-order valence-corrected chi connectivity index (χ0v) is 21.0. The first-order valence-corrected chi connectivity index (χ1v) is 13.8. The Morgan fingerprint density at radius 3 is 2.09 bits per heavy atom. The topological polar surface area (TPSA) is 92.7 Å². The van der Waals surface area contributed by atoms with Gasteiger partial charge in [0.25, 0.3) is 10.1 Å². The fourth-order valence-corrected chi connectivity index (χ4v) is 4.20. The van der Waals surface area contributed by atoms with E-state index in [0.717, 1.165) is 30.4 Å². The Morgan fingerprint density at radius 2 is 1.53 bits per heavy atom. The van der Waals surface area contributed by atoms with Crippen molar-refractivity contribution in [2.24, 2.45) is 0 Å². The summed E-state index contributed by atoms with van der Waals surface area (Å²) in [6, 6.07) is 6.13. The number of benzene rings is 1. The van der Waals surface area contributed by atoms with E-state index in [1.54, 1.807) is 0 Å². The fraction of sp³-hybridized carbons (Fsp3) is 0.720. The van der Waals surface area contributed by atoms with Crippen LogP contribution in [0.2, 0.25) is 0 Å². The number of rotatable bonds is 17. The average molecular weight is 470 g/mol. The molecule has 0 radical (unpaired) electrons. The number of carbonyl (C=O) groups is 1. The standard InChI is InChI=1S/C25H43NO5S/c1-4-5-6-7-8-9-10-11-12-13-15-24(23-17-16-21(2)22(3)20-23)31-25(27)26-18-14-19-32(28,29)30/h16-17,20,24H,4-15,18-19H2,1-3H3,(H,26,27)(H,28,29,30). The van der Waals surface area contributed by atoms with E-state index in [1.807, 2.05) is 19.1 Å². The summed E-state index contributed by atoms with van der Waals surface area (Å²) < 4.78 is 36.0. The third-order valence-corrected chi connectivity index (χ3v) is 6.62. The van der Waals surface area contributed by atoms with Crippen molar-refractivity contribution in [1.29, 1.82) is 0 Å². The minimum Gasteiger partial charge on any atom is -0.441 e. The summed E-state index contributed by atoms with van der Waals surface area (Å²) in [4.78, 5) is 12.2. The molecule has 1 aromatic carbocycles. The molecule has 7 heteroatoms. The molecule has 1 atom stereocenters. The second-order valence-corrected chi connectivity index (χ2v) is 10.3. The van der Waals surface area contributed by atoms with Gasteiger partial charge in [0.1, 0.15) is 6.10 Å². The molecule has 184 valence electrons. The molecular weight excluding hydrogens is 426 g/mol. The third-order valence-electron chi connectivity index (χ3n) is 5.82. The molecule has 6 nitrogen and oxygen atoms in total. The Morgan fingerprint density at radius 1 is 0.938 bits per heavy atom. The van der Waals surface area contributed by atoms with Gasteiger partial charge in [0, 0.05) is 6.54 Å². The molecule has 0 aliphatic rings. The van der Waals surface area contributed by atoms with Crippen LogP contribution in [0.3, 0.4) is 0 Å². The summed E-state index contributed by atoms with van der Waals surface area (Å²) in [6.45, 7) is 6.48. The first kappa shape index (κ1) is 28.4. The van der Waals surface area contributed by atoms with Crippen molar-refractivity contribution in [3.05, 3.63) is 34.9 Å². The van der Waals surface area contributed by atoms with Crippen molar-refractivity contribution in [2.75, 3.05) is 12.3 Å². The molecule has 0 fully saturated rings. The number of alkyl carbamates (subject to hydrolysis) is 1. The quantitative estimate of drug-likeness (QED) is 0.196. The van der Waals surface area contributed by atoms with Gasteiger partial charge < -0.3 is 10.1 Å². The monoisotopic (exact) mass is 469 g/mol. The van der Waals surface area contributed by atoms with Crippen LogP contribution in [0.1, 0.15) is 107 Å². The summed E-state index contributed by atoms with van der Waals surface area (Å²) >= 11 is 0. The molecule has 1 aromatic rings. The van der Waals surface area contributed by atoms with Crippen molar-refractivity contribution in [3.8, 4) is 0 Å². The first-order chi connectivity index (χ1) is 15.2. The predicted molar refractivity (Wildman–Crippen MR) is 131 cm³/mol. The lowest BCUT2D eigenvalue weighted by molar-refractivity contribution is 0.0907. The highest BCUT2D eigenvalue weighted by atomic mass is 32.2. The highest BCUT2D eigenvalue weighted by Gasteiger charge is 2.17. The van der Waals surface area contributed by atoms with E-state index < -0.39 is 16.2 Å². The first-order valence-electron chi connectivity index (χ1n) is 12.2. The van der Waals surface area contributed by atoms with Crippen LogP contribution in [-0.4, -0.2) is 31.4 Å². The van der Waals surface area contributed by atoms with E-state index in [1.165, 1.54) is 56.9 Å². The number of carbonyl (C=O) groups excluding carboxylic acids is 1. The molecule has 0 bridgehead atoms. The Kier molecular flexibility index (Phi) is 14.3. The van der Waals surface area contributed by atoms with Crippen molar-refractivity contribution in [1.82, 2.24) is 5.32 Å². The second kappa shape index (κ2) is 16.1. The molecule has 0 saturated carbocycles. The van der Waals surface area contributed by atoms with Gasteiger partial charge in [0.2, 0.25) is 0 Å². The number of hydrogen-bond acceptors (Lipinski definition) is 4. The molecule has 0 saturated heterocycles. The molecule has 0 aliphatic carbocycles. The molecular formula is C25H43NO5S. The molecule has 1 rings (SSSR count). The number of ether oxygens (including phenoxy) is 1. The van der Waals surface area contributed by atoms with Crippen molar-refractivity contribution in [2.45, 2.75) is 104 Å². The molecule has 0 aromatic heterocycles. The molecule has 1 amide bonds. The van der Waals surface area contributed by atoms with Gasteiger partial charge in [-0.1, -0.05) is 82.9 Å². The van der Waals surface area contributed by atoms with Crippen LogP contribution in [-0.2, 0) is 14.9 Å². The van der Waals surface area contributed by atoms with Crippen LogP contribution in [0.15, 0.2) is 18.2 Å². The normalized spacial score (nSPS) is 12.5. The number of nitrogens with one attached hydrogen (secondary N) is 1. The van der Waals surface area contributed by atoms with Crippen LogP contribution in [0, 0.1) is 13.8 Å². The minimum absolute atomic E-state index is 0.135. The Labute approximate surface area is 195 Å². The van der Waals surface area contributed by atoms with Crippen molar-refractivity contribution < 1.29 is 22.5 Å². The van der Waals surface area contributed by atoms with Crippen molar-refractivity contribution >= 4 is 16.2 Å². The lowest BCUT2D eigenvalue weighted by Gasteiger charge is -2.20. The summed E-state index contributed by atoms with van der Waals surface area (Å²) in [5.74, 6) is -0.382. The van der Waals surface area contributed by atoms with E-state index in [0.29, 0.717) is 0 Å². The molecule has 0 aliphatic heterocycles. The summed E-state index contributed by atoms with van der Waals surface area (Å²) in [7, 11) is -4.02. The van der Waals surface area contributed by atoms with Crippen LogP contribution >= 0.6 is 0 Å². The summed E-state index contributed by atoms with van der Waals surface area (Å²) in [6.07, 6.45) is 12.5. The lowest BCUT2D eigenvalue weighted by Crippen LogP contribution is -2.28. The maximum Gasteiger partial charge on any atom is 0.407 e. The van der Waals surface area contributed by atoms with Crippen molar-refractivity contribution in [3.63, 3.8) is 0 Å². The second-order valence-electron chi connectivity index (χ2n) is 8.77. The number of aryl methyl sites for hydroxylation is 2. The number of amides is 1. The fourth-order valence-electron chi connectivity index (χ4n) is 3.69. The number of hydrogen-bond donors (Lipinski definition) is 2. The zero-order chi connectivity index (χ0) is 23.8. The Bertz CT molecular complexity index is 764. The number of unbranched alkanes of at least 4 members (excludes halogenated alkanes) is 9. The molecule has 32 heavy (non-hydrogen) atoms. The minimum atomic E-state index is -4.02. The molecule has 2 N–H and O–H groups in total. The SMILES string of the molecule is CCCCCCCCCCCCC(OC(=O)NCCCS(=O)(=O)O)c1ccc(C)c(C)c1. The van der Waals surface area contributed by atoms with Crippen LogP contribution in [0.25, 0.3) is 0 Å². The van der Waals surface area contributed by atoms with E-state index in [-0.39, 0.29) is 24.8 Å². The summed E-state index contributed by atoms with van der Waals surface area (Å²) in [5.41, 5.74) is 3.34. The molecule has 1 unspecified atom stereocenters. The molecule has 0 spiro atoms. The zero-order valence-electron chi connectivity index (χ0n) is 20.2. The predicted octanol–water partition coefficient (Wildman–Crippen LogP) is 6.66. The molecule has 0 heterocycles. The van der Waals surface area contributed by atoms with Gasteiger partial charge in [-0.2, -0.15) is 8.42 Å². The Hall–Kier alpha value is -1.60. The Balaban J connectivity index is 2.44. The summed E-state index contributed by atoms with van der Waals surface area (Å²) in [5, 5.41) is 2.58. The van der Waals surface area contributed by atoms with Gasteiger partial charge in [-0.05, 0) is 49.8 Å². The van der Waals surface area contributed by atoms with Crippen LogP contribution in [0.5, 0.6) is 0 Å². The van der Waals surface area contributed by atoms with E-state index in [2.05, 4.69) is 25.2 Å². The maximum absolute atomic E-state index is 12.2. The highest BCUT2D eigenvalue weighted by molar-refractivity contribution is 7.85.